The fourth-order valence-electron chi connectivity index (χ4n) is 3.28. The van der Waals surface area contributed by atoms with Crippen LogP contribution < -0.4 is 10.6 Å². The highest BCUT2D eigenvalue weighted by Crippen LogP contribution is 2.31. The lowest BCUT2D eigenvalue weighted by Crippen LogP contribution is -2.38. The van der Waals surface area contributed by atoms with Crippen LogP contribution in [-0.4, -0.2) is 54.6 Å². The van der Waals surface area contributed by atoms with E-state index in [-0.39, 0.29) is 24.0 Å². The molecule has 1 aliphatic carbocycles. The van der Waals surface area contributed by atoms with Crippen LogP contribution in [0.4, 0.5) is 0 Å². The normalized spacial score (nSPS) is 21.2. The Labute approximate surface area is 173 Å². The molecule has 0 radical (unpaired) electrons. The van der Waals surface area contributed by atoms with Crippen LogP contribution in [0.1, 0.15) is 41.8 Å². The van der Waals surface area contributed by atoms with E-state index in [1.54, 1.807) is 11.3 Å². The van der Waals surface area contributed by atoms with E-state index in [0.29, 0.717) is 0 Å². The third-order valence-electron chi connectivity index (χ3n) is 4.94. The second-order valence-corrected chi connectivity index (χ2v) is 8.31. The Hall–Kier alpha value is -0.410. The number of thiazole rings is 1. The summed E-state index contributed by atoms with van der Waals surface area (Å²) in [6.07, 6.45) is 5.09. The molecule has 2 N–H and O–H groups in total. The van der Waals surface area contributed by atoms with Gasteiger partial charge in [-0.2, -0.15) is 0 Å². The molecule has 3 rings (SSSR count). The van der Waals surface area contributed by atoms with Gasteiger partial charge < -0.3 is 15.5 Å². The molecule has 7 heteroatoms. The van der Waals surface area contributed by atoms with Gasteiger partial charge in [-0.1, -0.05) is 0 Å². The van der Waals surface area contributed by atoms with Gasteiger partial charge in [-0.05, 0) is 52.5 Å². The summed E-state index contributed by atoms with van der Waals surface area (Å²) in [7, 11) is 0. The van der Waals surface area contributed by atoms with E-state index in [9.17, 15) is 0 Å². The fraction of sp³-hybridized carbons (Fsp3) is 0.778. The number of nitrogens with one attached hydrogen (secondary N) is 2. The molecule has 1 aliphatic heterocycles. The standard InChI is InChI=1S/C18H31N5S.HI/c1-4-19-18(20-9-7-17-22-13(2)14(3)24-17)21-11-15-8-10-23(12-15)16-5-6-16;/h15-16H,4-12H2,1-3H3,(H2,19,20,21);1H. The quantitative estimate of drug-likeness (QED) is 0.360. The van der Waals surface area contributed by atoms with Crippen molar-refractivity contribution < 1.29 is 0 Å². The van der Waals surface area contributed by atoms with Gasteiger partial charge in [0.25, 0.3) is 0 Å². The van der Waals surface area contributed by atoms with Gasteiger partial charge >= 0.3 is 0 Å². The summed E-state index contributed by atoms with van der Waals surface area (Å²) < 4.78 is 0. The smallest absolute Gasteiger partial charge is 0.191 e. The van der Waals surface area contributed by atoms with Crippen LogP contribution in [0.2, 0.25) is 0 Å². The summed E-state index contributed by atoms with van der Waals surface area (Å²) in [5.74, 6) is 1.68. The molecule has 0 amide bonds. The van der Waals surface area contributed by atoms with E-state index in [1.807, 2.05) is 0 Å². The summed E-state index contributed by atoms with van der Waals surface area (Å²) >= 11 is 1.81. The molecule has 1 unspecified atom stereocenters. The Morgan fingerprint density at radius 3 is 2.72 bits per heavy atom. The summed E-state index contributed by atoms with van der Waals surface area (Å²) in [6.45, 7) is 11.6. The minimum atomic E-state index is 0. The van der Waals surface area contributed by atoms with Crippen molar-refractivity contribution in [2.24, 2.45) is 10.9 Å². The summed E-state index contributed by atoms with van der Waals surface area (Å²) in [5, 5.41) is 8.04. The van der Waals surface area contributed by atoms with Gasteiger partial charge in [-0.3, -0.25) is 4.99 Å². The minimum absolute atomic E-state index is 0. The van der Waals surface area contributed by atoms with Crippen molar-refractivity contribution in [3.63, 3.8) is 0 Å². The molecule has 1 atom stereocenters. The van der Waals surface area contributed by atoms with E-state index in [1.165, 1.54) is 42.2 Å². The van der Waals surface area contributed by atoms with Gasteiger partial charge in [0.05, 0.1) is 10.7 Å². The predicted molar refractivity (Wildman–Crippen MR) is 117 cm³/mol. The zero-order valence-electron chi connectivity index (χ0n) is 15.7. The maximum absolute atomic E-state index is 4.81. The Balaban J connectivity index is 0.00000225. The number of hydrogen-bond acceptors (Lipinski definition) is 4. The molecule has 0 bridgehead atoms. The van der Waals surface area contributed by atoms with Crippen LogP contribution in [0.25, 0.3) is 0 Å². The third kappa shape index (κ3) is 6.36. The zero-order chi connectivity index (χ0) is 16.9. The van der Waals surface area contributed by atoms with Crippen molar-refractivity contribution in [1.82, 2.24) is 20.5 Å². The highest BCUT2D eigenvalue weighted by atomic mass is 127. The molecule has 2 aliphatic rings. The lowest BCUT2D eigenvalue weighted by atomic mass is 10.1. The summed E-state index contributed by atoms with van der Waals surface area (Å²) in [6, 6.07) is 0.899. The SMILES string of the molecule is CCNC(=NCC1CCN(C2CC2)C1)NCCc1nc(C)c(C)s1.I. The van der Waals surface area contributed by atoms with Crippen LogP contribution in [-0.2, 0) is 6.42 Å². The Kier molecular flexibility index (Phi) is 8.41. The van der Waals surface area contributed by atoms with E-state index in [0.717, 1.165) is 49.7 Å². The van der Waals surface area contributed by atoms with Gasteiger partial charge in [-0.25, -0.2) is 4.98 Å². The number of guanidine groups is 1. The molecule has 2 heterocycles. The Bertz CT molecular complexity index is 550. The first-order valence-corrected chi connectivity index (χ1v) is 10.2. The molecule has 142 valence electrons. The molecule has 0 spiro atoms. The van der Waals surface area contributed by atoms with Crippen molar-refractivity contribution in [2.75, 3.05) is 32.7 Å². The minimum Gasteiger partial charge on any atom is -0.357 e. The lowest BCUT2D eigenvalue weighted by Gasteiger charge is -2.15. The Morgan fingerprint density at radius 1 is 1.28 bits per heavy atom. The lowest BCUT2D eigenvalue weighted by molar-refractivity contribution is 0.315. The first-order chi connectivity index (χ1) is 11.7. The van der Waals surface area contributed by atoms with Gasteiger partial charge in [0.15, 0.2) is 5.96 Å². The number of aromatic nitrogens is 1. The fourth-order valence-corrected chi connectivity index (χ4v) is 4.21. The van der Waals surface area contributed by atoms with Crippen LogP contribution >= 0.6 is 35.3 Å². The molecule has 1 saturated carbocycles. The average Bonchev–Trinajstić information content (AvgIpc) is 3.22. The number of halogens is 1. The van der Waals surface area contributed by atoms with Crippen molar-refractivity contribution in [1.29, 1.82) is 0 Å². The molecule has 1 aromatic heterocycles. The first kappa shape index (κ1) is 20.9. The van der Waals surface area contributed by atoms with E-state index in [2.05, 4.69) is 41.3 Å². The average molecular weight is 477 g/mol. The second kappa shape index (κ2) is 10.1. The van der Waals surface area contributed by atoms with Gasteiger partial charge in [0, 0.05) is 43.5 Å². The van der Waals surface area contributed by atoms with Gasteiger partial charge in [0.2, 0.25) is 0 Å². The van der Waals surface area contributed by atoms with Gasteiger partial charge in [0.1, 0.15) is 0 Å². The molecule has 1 saturated heterocycles. The van der Waals surface area contributed by atoms with Crippen molar-refractivity contribution in [3.05, 3.63) is 15.6 Å². The number of rotatable bonds is 7. The summed E-state index contributed by atoms with van der Waals surface area (Å²) in [4.78, 5) is 13.4. The van der Waals surface area contributed by atoms with Crippen molar-refractivity contribution >= 4 is 41.3 Å². The maximum Gasteiger partial charge on any atom is 0.191 e. The number of nitrogens with zero attached hydrogens (tertiary/aromatic N) is 3. The largest absolute Gasteiger partial charge is 0.357 e. The third-order valence-corrected chi connectivity index (χ3v) is 6.07. The molecule has 25 heavy (non-hydrogen) atoms. The number of aliphatic imine (C=N–C) groups is 1. The summed E-state index contributed by atoms with van der Waals surface area (Å²) in [5.41, 5.74) is 1.16. The topological polar surface area (TPSA) is 52.6 Å². The number of likely N-dealkylation sites (tertiary alicyclic amines) is 1. The Morgan fingerprint density at radius 2 is 2.08 bits per heavy atom. The maximum atomic E-state index is 4.81. The van der Waals surface area contributed by atoms with Crippen LogP contribution in [0.3, 0.4) is 0 Å². The van der Waals surface area contributed by atoms with Crippen LogP contribution in [0.15, 0.2) is 4.99 Å². The van der Waals surface area contributed by atoms with Crippen LogP contribution in [0.5, 0.6) is 0 Å². The number of aryl methyl sites for hydroxylation is 2. The van der Waals surface area contributed by atoms with Gasteiger partial charge in [-0.15, -0.1) is 35.3 Å². The van der Waals surface area contributed by atoms with Crippen LogP contribution in [0, 0.1) is 19.8 Å². The van der Waals surface area contributed by atoms with Crippen molar-refractivity contribution in [3.8, 4) is 0 Å². The zero-order valence-corrected chi connectivity index (χ0v) is 18.8. The van der Waals surface area contributed by atoms with Crippen molar-refractivity contribution in [2.45, 2.75) is 52.5 Å². The second-order valence-electron chi connectivity index (χ2n) is 7.03. The first-order valence-electron chi connectivity index (χ1n) is 9.34. The molecule has 5 nitrogen and oxygen atoms in total. The van der Waals surface area contributed by atoms with E-state index >= 15 is 0 Å². The molecule has 0 aromatic carbocycles. The number of hydrogen-bond donors (Lipinski definition) is 2. The molecular formula is C18H32IN5S. The molecule has 1 aromatic rings. The molecule has 2 fully saturated rings. The molecular weight excluding hydrogens is 445 g/mol. The monoisotopic (exact) mass is 477 g/mol. The van der Waals surface area contributed by atoms with E-state index in [4.69, 9.17) is 4.99 Å². The predicted octanol–water partition coefficient (Wildman–Crippen LogP) is 2.96. The highest BCUT2D eigenvalue weighted by Gasteiger charge is 2.34. The van der Waals surface area contributed by atoms with E-state index < -0.39 is 0 Å². The highest BCUT2D eigenvalue weighted by molar-refractivity contribution is 14.0.